The van der Waals surface area contributed by atoms with Crippen LogP contribution in [0.25, 0.3) is 5.65 Å². The van der Waals surface area contributed by atoms with Gasteiger partial charge in [0.1, 0.15) is 5.82 Å². The van der Waals surface area contributed by atoms with Gasteiger partial charge in [-0.05, 0) is 25.0 Å². The third-order valence-electron chi connectivity index (χ3n) is 3.16. The van der Waals surface area contributed by atoms with E-state index in [0.29, 0.717) is 17.3 Å². The minimum Gasteiger partial charge on any atom is -0.368 e. The number of anilines is 1. The quantitative estimate of drug-likeness (QED) is 0.792. The van der Waals surface area contributed by atoms with Gasteiger partial charge in [-0.1, -0.05) is 0 Å². The average Bonchev–Trinajstić information content (AvgIpc) is 3.06. The fourth-order valence-corrected chi connectivity index (χ4v) is 2.07. The summed E-state index contributed by atoms with van der Waals surface area (Å²) in [5, 5.41) is 13.5. The minimum absolute atomic E-state index is 0.222. The molecule has 0 radical (unpaired) electrons. The van der Waals surface area contributed by atoms with Crippen LogP contribution in [0.4, 0.5) is 5.82 Å². The molecule has 2 aromatic heterocycles. The van der Waals surface area contributed by atoms with E-state index in [0.717, 1.165) is 19.4 Å². The van der Waals surface area contributed by atoms with E-state index in [9.17, 15) is 4.79 Å². The zero-order chi connectivity index (χ0) is 11.9. The molecule has 2 heterocycles. The number of halogens is 1. The molecule has 1 fully saturated rings. The number of alkyl halides is 1. The molecule has 6 nitrogen and oxygen atoms in total. The highest BCUT2D eigenvalue weighted by Crippen LogP contribution is 2.46. The predicted molar refractivity (Wildman–Crippen MR) is 64.5 cm³/mol. The SMILES string of the molecule is O=c1[nH]nc2ccc(NCC3(CCl)CC3)nn12. The second-order valence-corrected chi connectivity index (χ2v) is 4.77. The van der Waals surface area contributed by atoms with Crippen molar-refractivity contribution in [1.29, 1.82) is 0 Å². The van der Waals surface area contributed by atoms with Crippen molar-refractivity contribution in [3.8, 4) is 0 Å². The standard InChI is InChI=1S/C10H12ClN5O/c11-5-10(3-4-10)6-12-7-1-2-8-13-14-9(17)16(8)15-7/h1-2H,3-6H2,(H,12,15)(H,14,17). The molecular weight excluding hydrogens is 242 g/mol. The zero-order valence-corrected chi connectivity index (χ0v) is 9.87. The summed E-state index contributed by atoms with van der Waals surface area (Å²) in [5.74, 6) is 1.32. The van der Waals surface area contributed by atoms with Crippen molar-refractivity contribution in [2.75, 3.05) is 17.7 Å². The first kappa shape index (κ1) is 10.6. The number of hydrogen-bond donors (Lipinski definition) is 2. The summed E-state index contributed by atoms with van der Waals surface area (Å²) in [4.78, 5) is 11.3. The summed E-state index contributed by atoms with van der Waals surface area (Å²) in [7, 11) is 0. The number of nitrogens with one attached hydrogen (secondary N) is 2. The van der Waals surface area contributed by atoms with E-state index in [-0.39, 0.29) is 11.1 Å². The van der Waals surface area contributed by atoms with Gasteiger partial charge < -0.3 is 5.32 Å². The van der Waals surface area contributed by atoms with Gasteiger partial charge in [0, 0.05) is 17.8 Å². The molecule has 1 aliphatic rings. The fraction of sp³-hybridized carbons (Fsp3) is 0.500. The number of rotatable bonds is 4. The summed E-state index contributed by atoms with van der Waals surface area (Å²) >= 11 is 5.89. The number of aromatic amines is 1. The Hall–Kier alpha value is -1.56. The van der Waals surface area contributed by atoms with Crippen LogP contribution in [-0.2, 0) is 0 Å². The molecule has 0 unspecified atom stereocenters. The Bertz CT molecular complexity index is 600. The maximum atomic E-state index is 11.3. The van der Waals surface area contributed by atoms with E-state index >= 15 is 0 Å². The van der Waals surface area contributed by atoms with Crippen molar-refractivity contribution in [3.63, 3.8) is 0 Å². The molecule has 17 heavy (non-hydrogen) atoms. The summed E-state index contributed by atoms with van der Waals surface area (Å²) in [6.45, 7) is 0.793. The highest BCUT2D eigenvalue weighted by Gasteiger charge is 2.41. The van der Waals surface area contributed by atoms with Crippen molar-refractivity contribution < 1.29 is 0 Å². The summed E-state index contributed by atoms with van der Waals surface area (Å²) in [6.07, 6.45) is 2.30. The van der Waals surface area contributed by atoms with Gasteiger partial charge in [-0.2, -0.15) is 9.61 Å². The first-order chi connectivity index (χ1) is 8.22. The van der Waals surface area contributed by atoms with E-state index in [1.54, 1.807) is 12.1 Å². The van der Waals surface area contributed by atoms with Crippen molar-refractivity contribution >= 4 is 23.1 Å². The van der Waals surface area contributed by atoms with Gasteiger partial charge in [0.15, 0.2) is 5.65 Å². The first-order valence-corrected chi connectivity index (χ1v) is 6.00. The molecule has 2 aromatic rings. The van der Waals surface area contributed by atoms with Gasteiger partial charge in [0.25, 0.3) is 0 Å². The average molecular weight is 254 g/mol. The largest absolute Gasteiger partial charge is 0.368 e. The van der Waals surface area contributed by atoms with Gasteiger partial charge in [0.2, 0.25) is 0 Å². The Balaban J connectivity index is 1.81. The third kappa shape index (κ3) is 1.88. The molecule has 7 heteroatoms. The molecule has 2 N–H and O–H groups in total. The van der Waals surface area contributed by atoms with Crippen LogP contribution in [0.3, 0.4) is 0 Å². The molecule has 0 spiro atoms. The molecule has 90 valence electrons. The maximum absolute atomic E-state index is 11.3. The van der Waals surface area contributed by atoms with Crippen LogP contribution in [0.1, 0.15) is 12.8 Å². The van der Waals surface area contributed by atoms with E-state index in [4.69, 9.17) is 11.6 Å². The number of hydrogen-bond acceptors (Lipinski definition) is 4. The lowest BCUT2D eigenvalue weighted by molar-refractivity contribution is 0.616. The Morgan fingerprint density at radius 3 is 3.06 bits per heavy atom. The van der Waals surface area contributed by atoms with Gasteiger partial charge in [-0.15, -0.1) is 16.7 Å². The molecule has 1 aliphatic carbocycles. The molecule has 0 bridgehead atoms. The van der Waals surface area contributed by atoms with E-state index < -0.39 is 0 Å². The molecule has 1 saturated carbocycles. The van der Waals surface area contributed by atoms with E-state index in [1.807, 2.05) is 0 Å². The Morgan fingerprint density at radius 2 is 2.35 bits per heavy atom. The van der Waals surface area contributed by atoms with Crippen molar-refractivity contribution in [2.24, 2.45) is 5.41 Å². The summed E-state index contributed by atoms with van der Waals surface area (Å²) in [6, 6.07) is 3.55. The molecule has 0 atom stereocenters. The molecule has 0 aliphatic heterocycles. The monoisotopic (exact) mass is 253 g/mol. The molecule has 3 rings (SSSR count). The number of fused-ring (bicyclic) bond motifs is 1. The van der Waals surface area contributed by atoms with Gasteiger partial charge in [-0.3, -0.25) is 0 Å². The van der Waals surface area contributed by atoms with Crippen LogP contribution in [0.2, 0.25) is 0 Å². The second-order valence-electron chi connectivity index (χ2n) is 4.50. The lowest BCUT2D eigenvalue weighted by Gasteiger charge is -2.12. The molecule has 0 aromatic carbocycles. The number of nitrogens with zero attached hydrogens (tertiary/aromatic N) is 3. The maximum Gasteiger partial charge on any atom is 0.364 e. The van der Waals surface area contributed by atoms with Crippen molar-refractivity contribution in [1.82, 2.24) is 19.8 Å². The summed E-state index contributed by atoms with van der Waals surface area (Å²) < 4.78 is 1.24. The highest BCUT2D eigenvalue weighted by atomic mass is 35.5. The predicted octanol–water partition coefficient (Wildman–Crippen LogP) is 0.848. The second kappa shape index (κ2) is 3.73. The van der Waals surface area contributed by atoms with Crippen molar-refractivity contribution in [2.45, 2.75) is 12.8 Å². The Labute approximate surface area is 102 Å². The fourth-order valence-electron chi connectivity index (χ4n) is 1.71. The van der Waals surface area contributed by atoms with Crippen LogP contribution in [-0.4, -0.2) is 32.2 Å². The van der Waals surface area contributed by atoms with Gasteiger partial charge in [-0.25, -0.2) is 9.89 Å². The van der Waals surface area contributed by atoms with Crippen LogP contribution < -0.4 is 11.0 Å². The first-order valence-electron chi connectivity index (χ1n) is 5.47. The number of H-pyrrole nitrogens is 1. The van der Waals surface area contributed by atoms with Crippen LogP contribution in [0, 0.1) is 5.41 Å². The lowest BCUT2D eigenvalue weighted by atomic mass is 10.1. The third-order valence-corrected chi connectivity index (χ3v) is 3.73. The Morgan fingerprint density at radius 1 is 1.53 bits per heavy atom. The Kier molecular flexibility index (Phi) is 2.32. The smallest absolute Gasteiger partial charge is 0.364 e. The topological polar surface area (TPSA) is 75.1 Å². The van der Waals surface area contributed by atoms with E-state index in [2.05, 4.69) is 20.6 Å². The van der Waals surface area contributed by atoms with E-state index in [1.165, 1.54) is 4.52 Å². The normalized spacial score (nSPS) is 17.2. The van der Waals surface area contributed by atoms with Crippen LogP contribution >= 0.6 is 11.6 Å². The van der Waals surface area contributed by atoms with Crippen LogP contribution in [0.15, 0.2) is 16.9 Å². The number of aromatic nitrogens is 4. The minimum atomic E-state index is -0.331. The van der Waals surface area contributed by atoms with Gasteiger partial charge >= 0.3 is 5.69 Å². The molecule has 0 amide bonds. The summed E-state index contributed by atoms with van der Waals surface area (Å²) in [5.41, 5.74) is 0.403. The van der Waals surface area contributed by atoms with Crippen molar-refractivity contribution in [3.05, 3.63) is 22.6 Å². The van der Waals surface area contributed by atoms with Crippen LogP contribution in [0.5, 0.6) is 0 Å². The molecule has 0 saturated heterocycles. The highest BCUT2D eigenvalue weighted by molar-refractivity contribution is 6.18. The molecular formula is C10H12ClN5O. The zero-order valence-electron chi connectivity index (χ0n) is 9.11. The van der Waals surface area contributed by atoms with Gasteiger partial charge in [0.05, 0.1) is 0 Å². The lowest BCUT2D eigenvalue weighted by Crippen LogP contribution is -2.19.